The summed E-state index contributed by atoms with van der Waals surface area (Å²) < 4.78 is 23.8. The topological polar surface area (TPSA) is 54.9 Å². The lowest BCUT2D eigenvalue weighted by molar-refractivity contribution is 0.146. The van der Waals surface area contributed by atoms with Crippen LogP contribution in [0.3, 0.4) is 0 Å². The summed E-state index contributed by atoms with van der Waals surface area (Å²) >= 11 is 0. The Morgan fingerprint density at radius 3 is 2.32 bits per heavy atom. The second-order valence-electron chi connectivity index (χ2n) is 5.40. The second-order valence-corrected chi connectivity index (χ2v) is 5.40. The van der Waals surface area contributed by atoms with E-state index in [0.717, 1.165) is 16.9 Å². The van der Waals surface area contributed by atoms with Crippen LogP contribution in [0.25, 0.3) is 0 Å². The molecule has 0 aromatic heterocycles. The maximum Gasteiger partial charge on any atom is 0.191 e. The van der Waals surface area contributed by atoms with Crippen molar-refractivity contribution < 1.29 is 13.9 Å². The van der Waals surface area contributed by atoms with Crippen LogP contribution in [0.5, 0.6) is 5.75 Å². The van der Waals surface area contributed by atoms with Gasteiger partial charge in [0.15, 0.2) is 5.96 Å². The average molecular weight is 345 g/mol. The predicted octanol–water partition coefficient (Wildman–Crippen LogP) is 2.72. The number of aliphatic imine (C=N–C) groups is 1. The summed E-state index contributed by atoms with van der Waals surface area (Å²) in [6, 6.07) is 14.3. The van der Waals surface area contributed by atoms with Gasteiger partial charge in [0.1, 0.15) is 18.2 Å². The molecular weight excluding hydrogens is 321 g/mol. The smallest absolute Gasteiger partial charge is 0.191 e. The molecule has 2 aromatic rings. The van der Waals surface area contributed by atoms with Crippen LogP contribution in [0, 0.1) is 5.82 Å². The highest BCUT2D eigenvalue weighted by atomic mass is 19.1. The first-order valence-electron chi connectivity index (χ1n) is 8.11. The van der Waals surface area contributed by atoms with E-state index in [1.54, 1.807) is 20.2 Å². The molecule has 0 aliphatic rings. The number of methoxy groups -OCH3 is 1. The molecule has 2 N–H and O–H groups in total. The van der Waals surface area contributed by atoms with E-state index in [1.165, 1.54) is 12.1 Å². The molecule has 0 spiro atoms. The van der Waals surface area contributed by atoms with Crippen molar-refractivity contribution in [1.82, 2.24) is 10.6 Å². The Bertz CT molecular complexity index is 692. The van der Waals surface area contributed by atoms with Gasteiger partial charge in [0.25, 0.3) is 0 Å². The second kappa shape index (κ2) is 10.3. The third-order valence-electron chi connectivity index (χ3n) is 3.49. The molecule has 0 atom stereocenters. The number of nitrogens with one attached hydrogen (secondary N) is 2. The van der Waals surface area contributed by atoms with Crippen molar-refractivity contribution in [3.63, 3.8) is 0 Å². The van der Waals surface area contributed by atoms with E-state index >= 15 is 0 Å². The van der Waals surface area contributed by atoms with Crippen molar-refractivity contribution in [2.75, 3.05) is 27.4 Å². The van der Waals surface area contributed by atoms with Crippen LogP contribution in [0.1, 0.15) is 11.1 Å². The van der Waals surface area contributed by atoms with Gasteiger partial charge in [0.2, 0.25) is 0 Å². The molecule has 2 rings (SSSR count). The molecular formula is C19H24FN3O2. The van der Waals surface area contributed by atoms with E-state index in [-0.39, 0.29) is 5.82 Å². The largest absolute Gasteiger partial charge is 0.491 e. The van der Waals surface area contributed by atoms with Crippen molar-refractivity contribution in [1.29, 1.82) is 0 Å². The number of hydrogen-bond acceptors (Lipinski definition) is 3. The van der Waals surface area contributed by atoms with E-state index in [2.05, 4.69) is 15.6 Å². The molecule has 25 heavy (non-hydrogen) atoms. The average Bonchev–Trinajstić information content (AvgIpc) is 2.62. The predicted molar refractivity (Wildman–Crippen MR) is 97.3 cm³/mol. The van der Waals surface area contributed by atoms with Crippen molar-refractivity contribution in [3.8, 4) is 5.75 Å². The third-order valence-corrected chi connectivity index (χ3v) is 3.49. The van der Waals surface area contributed by atoms with E-state index in [0.29, 0.717) is 32.3 Å². The van der Waals surface area contributed by atoms with Gasteiger partial charge in [0.05, 0.1) is 6.61 Å². The number of benzene rings is 2. The normalized spacial score (nSPS) is 11.2. The maximum absolute atomic E-state index is 13.2. The quantitative estimate of drug-likeness (QED) is 0.439. The zero-order valence-electron chi connectivity index (χ0n) is 14.6. The van der Waals surface area contributed by atoms with Gasteiger partial charge in [0, 0.05) is 27.2 Å². The molecule has 134 valence electrons. The van der Waals surface area contributed by atoms with E-state index in [4.69, 9.17) is 9.47 Å². The van der Waals surface area contributed by atoms with Crippen LogP contribution >= 0.6 is 0 Å². The van der Waals surface area contributed by atoms with Gasteiger partial charge in [-0.1, -0.05) is 24.3 Å². The summed E-state index contributed by atoms with van der Waals surface area (Å²) in [7, 11) is 3.34. The zero-order chi connectivity index (χ0) is 17.9. The number of guanidine groups is 1. The third kappa shape index (κ3) is 6.81. The first-order chi connectivity index (χ1) is 12.2. The molecule has 0 aliphatic heterocycles. The molecule has 0 saturated carbocycles. The maximum atomic E-state index is 13.2. The fourth-order valence-corrected chi connectivity index (χ4v) is 2.23. The SMILES string of the molecule is CN=C(NCc1cccc(F)c1)NCc1cccc(OCCOC)c1. The minimum Gasteiger partial charge on any atom is -0.491 e. The van der Waals surface area contributed by atoms with Crippen LogP contribution in [0.4, 0.5) is 4.39 Å². The van der Waals surface area contributed by atoms with Crippen molar-refractivity contribution in [2.24, 2.45) is 4.99 Å². The zero-order valence-corrected chi connectivity index (χ0v) is 14.6. The lowest BCUT2D eigenvalue weighted by atomic mass is 10.2. The van der Waals surface area contributed by atoms with Gasteiger partial charge < -0.3 is 20.1 Å². The molecule has 0 aliphatic carbocycles. The van der Waals surface area contributed by atoms with Crippen LogP contribution in [-0.2, 0) is 17.8 Å². The molecule has 2 aromatic carbocycles. The lowest BCUT2D eigenvalue weighted by Crippen LogP contribution is -2.36. The monoisotopic (exact) mass is 345 g/mol. The Hall–Kier alpha value is -2.60. The molecule has 0 unspecified atom stereocenters. The summed E-state index contributed by atoms with van der Waals surface area (Å²) in [5.41, 5.74) is 1.93. The fraction of sp³-hybridized carbons (Fsp3) is 0.316. The minimum atomic E-state index is -0.243. The van der Waals surface area contributed by atoms with Gasteiger partial charge >= 0.3 is 0 Å². The number of ether oxygens (including phenoxy) is 2. The minimum absolute atomic E-state index is 0.243. The first kappa shape index (κ1) is 18.7. The summed E-state index contributed by atoms with van der Waals surface area (Å²) in [5, 5.41) is 6.39. The van der Waals surface area contributed by atoms with Gasteiger partial charge in [-0.3, -0.25) is 4.99 Å². The molecule has 0 fully saturated rings. The van der Waals surface area contributed by atoms with Crippen molar-refractivity contribution in [2.45, 2.75) is 13.1 Å². The molecule has 0 heterocycles. The van der Waals surface area contributed by atoms with E-state index in [1.807, 2.05) is 30.3 Å². The van der Waals surface area contributed by atoms with Crippen LogP contribution in [-0.4, -0.2) is 33.3 Å². The Balaban J connectivity index is 1.83. The van der Waals surface area contributed by atoms with E-state index in [9.17, 15) is 4.39 Å². The summed E-state index contributed by atoms with van der Waals surface area (Å²) in [6.07, 6.45) is 0. The van der Waals surface area contributed by atoms with Gasteiger partial charge in [-0.25, -0.2) is 4.39 Å². The Morgan fingerprint density at radius 2 is 1.68 bits per heavy atom. The molecule has 6 heteroatoms. The number of nitrogens with zero attached hydrogens (tertiary/aromatic N) is 1. The lowest BCUT2D eigenvalue weighted by Gasteiger charge is -2.13. The van der Waals surface area contributed by atoms with Crippen molar-refractivity contribution >= 4 is 5.96 Å². The first-order valence-corrected chi connectivity index (χ1v) is 8.11. The van der Waals surface area contributed by atoms with Gasteiger partial charge in [-0.15, -0.1) is 0 Å². The molecule has 5 nitrogen and oxygen atoms in total. The summed E-state index contributed by atoms with van der Waals surface area (Å²) in [4.78, 5) is 4.18. The fourth-order valence-electron chi connectivity index (χ4n) is 2.23. The number of hydrogen-bond donors (Lipinski definition) is 2. The molecule has 0 bridgehead atoms. The number of halogens is 1. The standard InChI is InChI=1S/C19H24FN3O2/c1-21-19(22-13-15-5-3-7-17(20)11-15)23-14-16-6-4-8-18(12-16)25-10-9-24-2/h3-8,11-12H,9-10,13-14H2,1-2H3,(H2,21,22,23). The molecule has 0 amide bonds. The van der Waals surface area contributed by atoms with Gasteiger partial charge in [-0.2, -0.15) is 0 Å². The number of rotatable bonds is 8. The Labute approximate surface area is 147 Å². The van der Waals surface area contributed by atoms with Crippen LogP contribution in [0.2, 0.25) is 0 Å². The highest BCUT2D eigenvalue weighted by Crippen LogP contribution is 2.13. The Morgan fingerprint density at radius 1 is 1.00 bits per heavy atom. The molecule has 0 saturated heterocycles. The molecule has 0 radical (unpaired) electrons. The van der Waals surface area contributed by atoms with Crippen molar-refractivity contribution in [3.05, 3.63) is 65.5 Å². The summed E-state index contributed by atoms with van der Waals surface area (Å²) in [5.74, 6) is 1.21. The van der Waals surface area contributed by atoms with Crippen LogP contribution < -0.4 is 15.4 Å². The van der Waals surface area contributed by atoms with Gasteiger partial charge in [-0.05, 0) is 35.4 Å². The summed E-state index contributed by atoms with van der Waals surface area (Å²) in [6.45, 7) is 2.17. The highest BCUT2D eigenvalue weighted by molar-refractivity contribution is 5.79. The highest BCUT2D eigenvalue weighted by Gasteiger charge is 2.01. The van der Waals surface area contributed by atoms with E-state index < -0.39 is 0 Å². The van der Waals surface area contributed by atoms with Crippen LogP contribution in [0.15, 0.2) is 53.5 Å². The Kier molecular flexibility index (Phi) is 7.72.